The van der Waals surface area contributed by atoms with Gasteiger partial charge in [-0.2, -0.15) is 0 Å². The van der Waals surface area contributed by atoms with Gasteiger partial charge in [-0.25, -0.2) is 0 Å². The maximum Gasteiger partial charge on any atom is 0.224 e. The van der Waals surface area contributed by atoms with Gasteiger partial charge in [-0.15, -0.1) is 0 Å². The number of carbonyl (C=O) groups is 2. The SMILES string of the molecule is CN1CCC(CN(CCc2ccccc2)C(=O)C[C@@H]2CCC(=O)N2)CC1. The Labute approximate surface area is 156 Å². The number of likely N-dealkylation sites (tertiary alicyclic amines) is 1. The van der Waals surface area contributed by atoms with Gasteiger partial charge in [0.1, 0.15) is 0 Å². The highest BCUT2D eigenvalue weighted by molar-refractivity contribution is 5.82. The number of hydrogen-bond acceptors (Lipinski definition) is 3. The highest BCUT2D eigenvalue weighted by Gasteiger charge is 2.27. The molecule has 0 spiro atoms. The van der Waals surface area contributed by atoms with E-state index in [1.807, 2.05) is 23.1 Å². The van der Waals surface area contributed by atoms with Crippen molar-refractivity contribution in [3.63, 3.8) is 0 Å². The molecule has 2 fully saturated rings. The highest BCUT2D eigenvalue weighted by atomic mass is 16.2. The Kier molecular flexibility index (Phi) is 6.67. The Morgan fingerprint density at radius 3 is 2.58 bits per heavy atom. The molecule has 0 aromatic heterocycles. The quantitative estimate of drug-likeness (QED) is 0.813. The zero-order chi connectivity index (χ0) is 18.4. The molecule has 2 amide bonds. The molecule has 5 heteroatoms. The van der Waals surface area contributed by atoms with Gasteiger partial charge in [0.15, 0.2) is 0 Å². The van der Waals surface area contributed by atoms with Gasteiger partial charge in [-0.05, 0) is 57.3 Å². The standard InChI is InChI=1S/C21H31N3O2/c1-23-12-9-18(10-13-23)16-24(14-11-17-5-3-2-4-6-17)21(26)15-19-7-8-20(25)22-19/h2-6,18-19H,7-16H2,1H3,(H,22,25)/t19-/m0/s1. The molecular formula is C21H31N3O2. The molecule has 2 aliphatic rings. The van der Waals surface area contributed by atoms with Crippen molar-refractivity contribution in [3.8, 4) is 0 Å². The number of nitrogens with zero attached hydrogens (tertiary/aromatic N) is 2. The fraction of sp³-hybridized carbons (Fsp3) is 0.619. The Balaban J connectivity index is 1.58. The monoisotopic (exact) mass is 357 g/mol. The highest BCUT2D eigenvalue weighted by Crippen LogP contribution is 2.19. The van der Waals surface area contributed by atoms with Crippen LogP contribution in [0.15, 0.2) is 30.3 Å². The average Bonchev–Trinajstić information content (AvgIpc) is 3.05. The van der Waals surface area contributed by atoms with Gasteiger partial charge in [0.2, 0.25) is 11.8 Å². The summed E-state index contributed by atoms with van der Waals surface area (Å²) >= 11 is 0. The summed E-state index contributed by atoms with van der Waals surface area (Å²) < 4.78 is 0. The number of benzene rings is 1. The molecular weight excluding hydrogens is 326 g/mol. The van der Waals surface area contributed by atoms with Crippen LogP contribution in [0.2, 0.25) is 0 Å². The van der Waals surface area contributed by atoms with Gasteiger partial charge in [-0.1, -0.05) is 30.3 Å². The summed E-state index contributed by atoms with van der Waals surface area (Å²) in [5.41, 5.74) is 1.27. The molecule has 0 aliphatic carbocycles. The fourth-order valence-electron chi connectivity index (χ4n) is 3.95. The van der Waals surface area contributed by atoms with E-state index in [0.717, 1.165) is 51.9 Å². The molecule has 1 aromatic rings. The van der Waals surface area contributed by atoms with Gasteiger partial charge in [0.25, 0.3) is 0 Å². The van der Waals surface area contributed by atoms with Gasteiger partial charge >= 0.3 is 0 Å². The topological polar surface area (TPSA) is 52.7 Å². The average molecular weight is 357 g/mol. The maximum absolute atomic E-state index is 12.9. The van der Waals surface area contributed by atoms with E-state index >= 15 is 0 Å². The molecule has 26 heavy (non-hydrogen) atoms. The van der Waals surface area contributed by atoms with E-state index in [4.69, 9.17) is 0 Å². The van der Waals surface area contributed by atoms with Crippen LogP contribution >= 0.6 is 0 Å². The van der Waals surface area contributed by atoms with Crippen LogP contribution in [-0.2, 0) is 16.0 Å². The molecule has 1 aromatic carbocycles. The minimum absolute atomic E-state index is 0.0201. The Morgan fingerprint density at radius 2 is 1.92 bits per heavy atom. The van der Waals surface area contributed by atoms with Crippen LogP contribution < -0.4 is 5.32 Å². The molecule has 1 N–H and O–H groups in total. The predicted molar refractivity (Wildman–Crippen MR) is 103 cm³/mol. The first-order valence-corrected chi connectivity index (χ1v) is 9.90. The summed E-state index contributed by atoms with van der Waals surface area (Å²) in [4.78, 5) is 28.8. The first-order valence-electron chi connectivity index (χ1n) is 9.90. The number of nitrogens with one attached hydrogen (secondary N) is 1. The maximum atomic E-state index is 12.9. The molecule has 0 unspecified atom stereocenters. The first kappa shape index (κ1) is 18.9. The van der Waals surface area contributed by atoms with Crippen molar-refractivity contribution in [1.82, 2.24) is 15.1 Å². The van der Waals surface area contributed by atoms with Gasteiger partial charge in [0.05, 0.1) is 0 Å². The van der Waals surface area contributed by atoms with E-state index in [1.165, 1.54) is 5.56 Å². The third-order valence-corrected chi connectivity index (χ3v) is 5.69. The number of rotatable bonds is 7. The second-order valence-electron chi connectivity index (χ2n) is 7.83. The lowest BCUT2D eigenvalue weighted by atomic mass is 9.96. The smallest absolute Gasteiger partial charge is 0.224 e. The summed E-state index contributed by atoms with van der Waals surface area (Å²) in [6.45, 7) is 3.84. The molecule has 5 nitrogen and oxygen atoms in total. The van der Waals surface area contributed by atoms with Crippen LogP contribution in [0.1, 0.15) is 37.7 Å². The lowest BCUT2D eigenvalue weighted by molar-refractivity contribution is -0.132. The summed E-state index contributed by atoms with van der Waals surface area (Å²) in [5.74, 6) is 0.852. The lowest BCUT2D eigenvalue weighted by Crippen LogP contribution is -2.42. The molecule has 3 rings (SSSR count). The summed E-state index contributed by atoms with van der Waals surface area (Å²) in [6.07, 6.45) is 4.98. The van der Waals surface area contributed by atoms with Gasteiger partial charge in [0, 0.05) is 32.0 Å². The zero-order valence-electron chi connectivity index (χ0n) is 15.8. The summed E-state index contributed by atoms with van der Waals surface area (Å²) in [5, 5.41) is 2.93. The third-order valence-electron chi connectivity index (χ3n) is 5.69. The van der Waals surface area contributed by atoms with Gasteiger partial charge < -0.3 is 15.1 Å². The second-order valence-corrected chi connectivity index (χ2v) is 7.83. The minimum atomic E-state index is 0.0201. The Bertz CT molecular complexity index is 597. The van der Waals surface area contributed by atoms with E-state index in [0.29, 0.717) is 18.8 Å². The molecule has 1 atom stereocenters. The Hall–Kier alpha value is -1.88. The van der Waals surface area contributed by atoms with Crippen molar-refractivity contribution in [2.24, 2.45) is 5.92 Å². The van der Waals surface area contributed by atoms with E-state index in [2.05, 4.69) is 29.4 Å². The number of carbonyl (C=O) groups excluding carboxylic acids is 2. The van der Waals surface area contributed by atoms with Crippen LogP contribution in [0.4, 0.5) is 0 Å². The number of hydrogen-bond donors (Lipinski definition) is 1. The number of amides is 2. The number of piperidine rings is 1. The van der Waals surface area contributed by atoms with E-state index < -0.39 is 0 Å². The van der Waals surface area contributed by atoms with Crippen molar-refractivity contribution in [1.29, 1.82) is 0 Å². The predicted octanol–water partition coefficient (Wildman–Crippen LogP) is 2.07. The molecule has 0 bridgehead atoms. The fourth-order valence-corrected chi connectivity index (χ4v) is 3.95. The van der Waals surface area contributed by atoms with E-state index in [-0.39, 0.29) is 17.9 Å². The minimum Gasteiger partial charge on any atom is -0.353 e. The molecule has 142 valence electrons. The van der Waals surface area contributed by atoms with Crippen LogP contribution in [0.3, 0.4) is 0 Å². The first-order chi connectivity index (χ1) is 12.6. The van der Waals surface area contributed by atoms with Crippen LogP contribution in [0.5, 0.6) is 0 Å². The second kappa shape index (κ2) is 9.17. The van der Waals surface area contributed by atoms with Crippen LogP contribution in [0, 0.1) is 5.92 Å². The van der Waals surface area contributed by atoms with Crippen molar-refractivity contribution in [3.05, 3.63) is 35.9 Å². The van der Waals surface area contributed by atoms with Crippen molar-refractivity contribution >= 4 is 11.8 Å². The lowest BCUT2D eigenvalue weighted by Gasteiger charge is -2.33. The molecule has 0 radical (unpaired) electrons. The molecule has 0 saturated carbocycles. The van der Waals surface area contributed by atoms with Crippen LogP contribution in [-0.4, -0.2) is 60.9 Å². The van der Waals surface area contributed by atoms with Crippen molar-refractivity contribution in [2.75, 3.05) is 33.2 Å². The molecule has 2 saturated heterocycles. The summed E-state index contributed by atoms with van der Waals surface area (Å²) in [6, 6.07) is 10.4. The van der Waals surface area contributed by atoms with Crippen molar-refractivity contribution in [2.45, 2.75) is 44.6 Å². The molecule has 2 aliphatic heterocycles. The van der Waals surface area contributed by atoms with Gasteiger partial charge in [-0.3, -0.25) is 9.59 Å². The Morgan fingerprint density at radius 1 is 1.19 bits per heavy atom. The summed E-state index contributed by atoms with van der Waals surface area (Å²) in [7, 11) is 2.16. The molecule has 2 heterocycles. The zero-order valence-corrected chi connectivity index (χ0v) is 15.8. The van der Waals surface area contributed by atoms with Crippen molar-refractivity contribution < 1.29 is 9.59 Å². The third kappa shape index (κ3) is 5.56. The van der Waals surface area contributed by atoms with E-state index in [9.17, 15) is 9.59 Å². The van der Waals surface area contributed by atoms with E-state index in [1.54, 1.807) is 0 Å². The normalized spacial score (nSPS) is 21.6. The largest absolute Gasteiger partial charge is 0.353 e. The van der Waals surface area contributed by atoms with Crippen LogP contribution in [0.25, 0.3) is 0 Å².